The van der Waals surface area contributed by atoms with E-state index in [2.05, 4.69) is 4.98 Å². The zero-order valence-corrected chi connectivity index (χ0v) is 11.2. The molecule has 1 saturated heterocycles. The summed E-state index contributed by atoms with van der Waals surface area (Å²) >= 11 is 0. The Labute approximate surface area is 115 Å². The Balaban J connectivity index is 2.40. The maximum atomic E-state index is 11.3. The van der Waals surface area contributed by atoms with E-state index >= 15 is 0 Å². The van der Waals surface area contributed by atoms with Crippen molar-refractivity contribution < 1.29 is 9.72 Å². The largest absolute Gasteiger partial charge is 0.384 e. The van der Waals surface area contributed by atoms with Gasteiger partial charge in [0.15, 0.2) is 0 Å². The summed E-state index contributed by atoms with van der Waals surface area (Å²) in [6, 6.07) is 2.76. The van der Waals surface area contributed by atoms with Gasteiger partial charge in [0, 0.05) is 18.7 Å². The lowest BCUT2D eigenvalue weighted by Gasteiger charge is -2.37. The van der Waals surface area contributed by atoms with Crippen molar-refractivity contribution in [2.45, 2.75) is 25.8 Å². The number of piperidine rings is 1. The number of nitro groups is 1. The van der Waals surface area contributed by atoms with Gasteiger partial charge in [-0.25, -0.2) is 4.98 Å². The lowest BCUT2D eigenvalue weighted by Crippen LogP contribution is -2.46. The average Bonchev–Trinajstić information content (AvgIpc) is 2.38. The molecule has 1 aliphatic heterocycles. The lowest BCUT2D eigenvalue weighted by molar-refractivity contribution is -0.384. The fourth-order valence-corrected chi connectivity index (χ4v) is 2.44. The number of anilines is 2. The molecule has 0 saturated carbocycles. The molecule has 20 heavy (non-hydrogen) atoms. The van der Waals surface area contributed by atoms with Crippen LogP contribution < -0.4 is 16.4 Å². The van der Waals surface area contributed by atoms with Crippen LogP contribution in [-0.4, -0.2) is 28.4 Å². The Morgan fingerprint density at radius 1 is 1.50 bits per heavy atom. The van der Waals surface area contributed by atoms with Crippen LogP contribution in [0, 0.1) is 16.0 Å². The van der Waals surface area contributed by atoms with E-state index in [9.17, 15) is 14.9 Å². The first-order valence-electron chi connectivity index (χ1n) is 6.37. The molecule has 1 aromatic rings. The molecule has 4 N–H and O–H groups in total. The number of hydrogen-bond acceptors (Lipinski definition) is 6. The topological polar surface area (TPSA) is 128 Å². The Bertz CT molecular complexity index is 548. The van der Waals surface area contributed by atoms with Crippen molar-refractivity contribution in [3.05, 3.63) is 22.2 Å². The van der Waals surface area contributed by atoms with Crippen molar-refractivity contribution in [2.75, 3.05) is 17.2 Å². The molecular formula is C12H17N5O3. The summed E-state index contributed by atoms with van der Waals surface area (Å²) in [6.07, 6.45) is 1.41. The van der Waals surface area contributed by atoms with Crippen LogP contribution in [0.25, 0.3) is 0 Å². The number of hydrogen-bond donors (Lipinski definition) is 2. The Morgan fingerprint density at radius 3 is 2.80 bits per heavy atom. The van der Waals surface area contributed by atoms with Gasteiger partial charge in [-0.05, 0) is 25.8 Å². The predicted octanol–water partition coefficient (Wildman–Crippen LogP) is 0.662. The first-order chi connectivity index (χ1) is 9.40. The van der Waals surface area contributed by atoms with Crippen molar-refractivity contribution in [2.24, 2.45) is 11.7 Å². The minimum absolute atomic E-state index is 0.0404. The fourth-order valence-electron chi connectivity index (χ4n) is 2.44. The summed E-state index contributed by atoms with van der Waals surface area (Å²) in [5.74, 6) is -0.310. The third-order valence-electron chi connectivity index (χ3n) is 3.63. The third kappa shape index (κ3) is 2.63. The van der Waals surface area contributed by atoms with Crippen LogP contribution in [0.15, 0.2) is 12.1 Å². The van der Waals surface area contributed by atoms with E-state index in [4.69, 9.17) is 11.5 Å². The van der Waals surface area contributed by atoms with E-state index in [-0.39, 0.29) is 29.3 Å². The van der Waals surface area contributed by atoms with Gasteiger partial charge in [-0.1, -0.05) is 0 Å². The van der Waals surface area contributed by atoms with Crippen LogP contribution in [-0.2, 0) is 4.79 Å². The summed E-state index contributed by atoms with van der Waals surface area (Å²) in [6.45, 7) is 2.26. The molecule has 2 unspecified atom stereocenters. The summed E-state index contributed by atoms with van der Waals surface area (Å²) in [5, 5.41) is 11.1. The first-order valence-corrected chi connectivity index (χ1v) is 6.37. The number of rotatable bonds is 3. The van der Waals surface area contributed by atoms with Gasteiger partial charge in [-0.2, -0.15) is 0 Å². The number of aromatic nitrogens is 1. The predicted molar refractivity (Wildman–Crippen MR) is 74.0 cm³/mol. The Hall–Kier alpha value is -2.38. The molecule has 0 bridgehead atoms. The van der Waals surface area contributed by atoms with Gasteiger partial charge in [-0.3, -0.25) is 14.9 Å². The van der Waals surface area contributed by atoms with E-state index in [0.717, 1.165) is 6.42 Å². The molecule has 8 nitrogen and oxygen atoms in total. The highest BCUT2D eigenvalue weighted by atomic mass is 16.6. The van der Waals surface area contributed by atoms with Gasteiger partial charge in [0.25, 0.3) is 0 Å². The normalized spacial score (nSPS) is 22.6. The molecule has 0 radical (unpaired) electrons. The van der Waals surface area contributed by atoms with Gasteiger partial charge in [0.1, 0.15) is 5.82 Å². The van der Waals surface area contributed by atoms with Gasteiger partial charge >= 0.3 is 5.69 Å². The lowest BCUT2D eigenvalue weighted by atomic mass is 9.93. The molecule has 1 fully saturated rings. The second-order valence-corrected chi connectivity index (χ2v) is 5.01. The zero-order valence-electron chi connectivity index (χ0n) is 11.2. The van der Waals surface area contributed by atoms with Crippen LogP contribution in [0.5, 0.6) is 0 Å². The van der Waals surface area contributed by atoms with E-state index in [1.54, 1.807) is 4.90 Å². The van der Waals surface area contributed by atoms with E-state index in [1.165, 1.54) is 12.1 Å². The van der Waals surface area contributed by atoms with Crippen molar-refractivity contribution in [3.63, 3.8) is 0 Å². The van der Waals surface area contributed by atoms with E-state index in [1.807, 2.05) is 6.92 Å². The molecule has 0 aliphatic carbocycles. The number of carbonyl (C=O) groups is 1. The van der Waals surface area contributed by atoms with Gasteiger partial charge in [0.2, 0.25) is 11.7 Å². The molecule has 2 rings (SSSR count). The van der Waals surface area contributed by atoms with Gasteiger partial charge in [-0.15, -0.1) is 0 Å². The van der Waals surface area contributed by atoms with Crippen LogP contribution in [0.4, 0.5) is 17.3 Å². The van der Waals surface area contributed by atoms with Crippen LogP contribution in [0.1, 0.15) is 19.8 Å². The number of nitrogens with zero attached hydrogens (tertiary/aromatic N) is 3. The quantitative estimate of drug-likeness (QED) is 0.617. The van der Waals surface area contributed by atoms with Crippen molar-refractivity contribution in [3.8, 4) is 0 Å². The molecule has 1 aromatic heterocycles. The smallest absolute Gasteiger partial charge is 0.311 e. The molecule has 0 spiro atoms. The van der Waals surface area contributed by atoms with Crippen molar-refractivity contribution in [1.29, 1.82) is 0 Å². The van der Waals surface area contributed by atoms with E-state index < -0.39 is 10.8 Å². The van der Waals surface area contributed by atoms with E-state index in [0.29, 0.717) is 13.0 Å². The fraction of sp³-hybridized carbons (Fsp3) is 0.500. The number of carbonyl (C=O) groups excluding carboxylic acids is 1. The standard InChI is InChI=1S/C12H17N5O3/c1-7-2-3-8(11(14)18)6-16(7)12-9(17(19)20)4-5-10(13)15-12/h4-5,7-8H,2-3,6H2,1H3,(H2,13,15)(H2,14,18). The Morgan fingerprint density at radius 2 is 2.20 bits per heavy atom. The molecule has 1 aliphatic rings. The molecular weight excluding hydrogens is 262 g/mol. The SMILES string of the molecule is CC1CCC(C(N)=O)CN1c1nc(N)ccc1[N+](=O)[O-]. The van der Waals surface area contributed by atoms with Crippen LogP contribution in [0.2, 0.25) is 0 Å². The highest BCUT2D eigenvalue weighted by molar-refractivity contribution is 5.78. The minimum Gasteiger partial charge on any atom is -0.384 e. The van der Waals surface area contributed by atoms with Crippen LogP contribution in [0.3, 0.4) is 0 Å². The molecule has 0 aromatic carbocycles. The zero-order chi connectivity index (χ0) is 14.9. The maximum absolute atomic E-state index is 11.3. The molecule has 108 valence electrons. The summed E-state index contributed by atoms with van der Waals surface area (Å²) in [4.78, 5) is 27.8. The number of pyridine rings is 1. The highest BCUT2D eigenvalue weighted by Crippen LogP contribution is 2.33. The highest BCUT2D eigenvalue weighted by Gasteiger charge is 2.33. The minimum atomic E-state index is -0.498. The monoisotopic (exact) mass is 279 g/mol. The molecule has 8 heteroatoms. The number of amides is 1. The van der Waals surface area contributed by atoms with Crippen LogP contribution >= 0.6 is 0 Å². The summed E-state index contributed by atoms with van der Waals surface area (Å²) < 4.78 is 0. The third-order valence-corrected chi connectivity index (χ3v) is 3.63. The van der Waals surface area contributed by atoms with Crippen molar-refractivity contribution in [1.82, 2.24) is 4.98 Å². The number of nitrogen functional groups attached to an aromatic ring is 1. The molecule has 1 amide bonds. The maximum Gasteiger partial charge on any atom is 0.311 e. The second-order valence-electron chi connectivity index (χ2n) is 5.01. The van der Waals surface area contributed by atoms with Gasteiger partial charge in [0.05, 0.1) is 10.8 Å². The number of primary amides is 1. The van der Waals surface area contributed by atoms with Gasteiger partial charge < -0.3 is 16.4 Å². The molecule has 2 heterocycles. The van der Waals surface area contributed by atoms with Crippen molar-refractivity contribution >= 4 is 23.2 Å². The Kier molecular flexibility index (Phi) is 3.73. The second kappa shape index (κ2) is 5.32. The summed E-state index contributed by atoms with van der Waals surface area (Å²) in [7, 11) is 0. The summed E-state index contributed by atoms with van der Waals surface area (Å²) in [5.41, 5.74) is 10.8. The first kappa shape index (κ1) is 14.0. The number of nitrogens with two attached hydrogens (primary N) is 2. The molecule has 2 atom stereocenters. The average molecular weight is 279 g/mol.